The van der Waals surface area contributed by atoms with Crippen LogP contribution in [-0.2, 0) is 0 Å². The van der Waals surface area contributed by atoms with Crippen LogP contribution in [0.15, 0.2) is 58.7 Å². The molecule has 21 heavy (non-hydrogen) atoms. The molecule has 0 fully saturated rings. The lowest BCUT2D eigenvalue weighted by Gasteiger charge is -2.23. The summed E-state index contributed by atoms with van der Waals surface area (Å²) < 4.78 is 26.8. The molecule has 0 spiro atoms. The number of hydrogen-bond acceptors (Lipinski definition) is 2. The van der Waals surface area contributed by atoms with Gasteiger partial charge in [-0.3, -0.25) is 0 Å². The fraction of sp³-hybridized carbons (Fsp3) is 0.176. The second-order valence-electron chi connectivity index (χ2n) is 5.54. The summed E-state index contributed by atoms with van der Waals surface area (Å²) in [5.41, 5.74) is 2.23. The molecule has 0 saturated carbocycles. The monoisotopic (exact) mass is 284 g/mol. The Kier molecular flexibility index (Phi) is 3.16. The largest absolute Gasteiger partial charge is 0.207 e. The van der Waals surface area contributed by atoms with E-state index in [9.17, 15) is 8.78 Å². The molecular weight excluding hydrogens is 270 g/mol. The molecule has 0 atom stereocenters. The van der Waals surface area contributed by atoms with Gasteiger partial charge in [0, 0.05) is 11.1 Å². The van der Waals surface area contributed by atoms with Crippen LogP contribution in [0.5, 0.6) is 0 Å². The molecule has 0 radical (unpaired) electrons. The van der Waals surface area contributed by atoms with Crippen molar-refractivity contribution in [2.45, 2.75) is 13.8 Å². The zero-order chi connectivity index (χ0) is 15.0. The quantitative estimate of drug-likeness (QED) is 0.789. The maximum absolute atomic E-state index is 13.4. The first-order valence-electron chi connectivity index (χ1n) is 6.67. The highest BCUT2D eigenvalue weighted by atomic mass is 19.1. The number of halogens is 2. The summed E-state index contributed by atoms with van der Waals surface area (Å²) >= 11 is 0. The highest BCUT2D eigenvalue weighted by Crippen LogP contribution is 2.33. The van der Waals surface area contributed by atoms with Crippen molar-refractivity contribution in [3.63, 3.8) is 0 Å². The SMILES string of the molecule is CC1(C)C(c2cccc(F)c2)=NN=C1c1cccc(F)c1. The van der Waals surface area contributed by atoms with Crippen molar-refractivity contribution < 1.29 is 8.78 Å². The Labute approximate surface area is 121 Å². The smallest absolute Gasteiger partial charge is 0.123 e. The Morgan fingerprint density at radius 2 is 1.19 bits per heavy atom. The van der Waals surface area contributed by atoms with Gasteiger partial charge in [0.05, 0.1) is 16.8 Å². The number of rotatable bonds is 2. The summed E-state index contributed by atoms with van der Waals surface area (Å²) in [5, 5.41) is 8.41. The van der Waals surface area contributed by atoms with Crippen molar-refractivity contribution in [3.8, 4) is 0 Å². The van der Waals surface area contributed by atoms with E-state index >= 15 is 0 Å². The van der Waals surface area contributed by atoms with Gasteiger partial charge in [0.2, 0.25) is 0 Å². The summed E-state index contributed by atoms with van der Waals surface area (Å²) in [7, 11) is 0. The van der Waals surface area contributed by atoms with E-state index in [0.29, 0.717) is 22.6 Å². The third-order valence-corrected chi connectivity index (χ3v) is 3.63. The highest BCUT2D eigenvalue weighted by molar-refractivity contribution is 6.25. The predicted molar refractivity (Wildman–Crippen MR) is 79.7 cm³/mol. The van der Waals surface area contributed by atoms with Crippen LogP contribution in [0.25, 0.3) is 0 Å². The van der Waals surface area contributed by atoms with Gasteiger partial charge in [0.1, 0.15) is 11.6 Å². The van der Waals surface area contributed by atoms with Crippen LogP contribution in [-0.4, -0.2) is 11.4 Å². The van der Waals surface area contributed by atoms with E-state index in [4.69, 9.17) is 0 Å². The lowest BCUT2D eigenvalue weighted by atomic mass is 9.77. The van der Waals surface area contributed by atoms with Crippen molar-refractivity contribution in [2.24, 2.45) is 15.6 Å². The van der Waals surface area contributed by atoms with Crippen molar-refractivity contribution in [1.29, 1.82) is 0 Å². The molecule has 0 unspecified atom stereocenters. The Hall–Kier alpha value is -2.36. The molecule has 0 aliphatic carbocycles. The summed E-state index contributed by atoms with van der Waals surface area (Å²) in [5.74, 6) is -0.629. The van der Waals surface area contributed by atoms with Crippen molar-refractivity contribution in [3.05, 3.63) is 71.3 Å². The van der Waals surface area contributed by atoms with E-state index in [0.717, 1.165) is 0 Å². The van der Waals surface area contributed by atoms with Gasteiger partial charge in [-0.2, -0.15) is 10.2 Å². The molecule has 0 aromatic heterocycles. The molecule has 2 aromatic carbocycles. The van der Waals surface area contributed by atoms with E-state index < -0.39 is 5.41 Å². The average molecular weight is 284 g/mol. The number of nitrogens with zero attached hydrogens (tertiary/aromatic N) is 2. The van der Waals surface area contributed by atoms with Gasteiger partial charge in [-0.25, -0.2) is 8.78 Å². The van der Waals surface area contributed by atoms with Crippen LogP contribution in [0.3, 0.4) is 0 Å². The highest BCUT2D eigenvalue weighted by Gasteiger charge is 2.37. The molecule has 1 aliphatic rings. The minimum absolute atomic E-state index is 0.315. The van der Waals surface area contributed by atoms with E-state index in [1.165, 1.54) is 24.3 Å². The van der Waals surface area contributed by atoms with Crippen LogP contribution >= 0.6 is 0 Å². The van der Waals surface area contributed by atoms with Crippen LogP contribution in [0.4, 0.5) is 8.78 Å². The van der Waals surface area contributed by atoms with Crippen LogP contribution in [0.2, 0.25) is 0 Å². The Morgan fingerprint density at radius 3 is 1.57 bits per heavy atom. The molecule has 3 rings (SSSR count). The van der Waals surface area contributed by atoms with Gasteiger partial charge in [-0.15, -0.1) is 0 Å². The average Bonchev–Trinajstić information content (AvgIpc) is 2.74. The van der Waals surface area contributed by atoms with Crippen molar-refractivity contribution in [1.82, 2.24) is 0 Å². The standard InChI is InChI=1S/C17H14F2N2/c1-17(2)15(11-5-3-7-13(18)9-11)20-21-16(17)12-6-4-8-14(19)10-12/h3-10H,1-2H3. The van der Waals surface area contributed by atoms with E-state index in [1.807, 2.05) is 13.8 Å². The number of hydrogen-bond donors (Lipinski definition) is 0. The zero-order valence-corrected chi connectivity index (χ0v) is 11.8. The van der Waals surface area contributed by atoms with Gasteiger partial charge >= 0.3 is 0 Å². The minimum Gasteiger partial charge on any atom is -0.207 e. The number of benzene rings is 2. The normalized spacial score (nSPS) is 16.6. The van der Waals surface area contributed by atoms with Crippen LogP contribution in [0.1, 0.15) is 25.0 Å². The van der Waals surface area contributed by atoms with Crippen molar-refractivity contribution in [2.75, 3.05) is 0 Å². The van der Waals surface area contributed by atoms with E-state index in [1.54, 1.807) is 24.3 Å². The Bertz CT molecular complexity index is 697. The molecule has 2 aromatic rings. The van der Waals surface area contributed by atoms with E-state index in [-0.39, 0.29) is 11.6 Å². The summed E-state index contributed by atoms with van der Waals surface area (Å²) in [4.78, 5) is 0. The maximum atomic E-state index is 13.4. The molecule has 106 valence electrons. The summed E-state index contributed by atoms with van der Waals surface area (Å²) in [6.45, 7) is 3.90. The van der Waals surface area contributed by atoms with E-state index in [2.05, 4.69) is 10.2 Å². The molecule has 1 aliphatic heterocycles. The first kappa shape index (κ1) is 13.6. The van der Waals surface area contributed by atoms with Crippen molar-refractivity contribution >= 4 is 11.4 Å². The maximum Gasteiger partial charge on any atom is 0.123 e. The second kappa shape index (κ2) is 4.88. The first-order valence-corrected chi connectivity index (χ1v) is 6.67. The molecule has 0 bridgehead atoms. The van der Waals surface area contributed by atoms with Gasteiger partial charge in [-0.05, 0) is 38.1 Å². The van der Waals surface area contributed by atoms with Crippen LogP contribution < -0.4 is 0 Å². The Morgan fingerprint density at radius 1 is 0.762 bits per heavy atom. The predicted octanol–water partition coefficient (Wildman–Crippen LogP) is 4.20. The van der Waals surface area contributed by atoms with Gasteiger partial charge in [0.25, 0.3) is 0 Å². The molecule has 0 N–H and O–H groups in total. The lowest BCUT2D eigenvalue weighted by molar-refractivity contribution is 0.626. The van der Waals surface area contributed by atoms with Crippen LogP contribution in [0, 0.1) is 17.0 Å². The third-order valence-electron chi connectivity index (χ3n) is 3.63. The van der Waals surface area contributed by atoms with Gasteiger partial charge < -0.3 is 0 Å². The lowest BCUT2D eigenvalue weighted by Crippen LogP contribution is -2.31. The topological polar surface area (TPSA) is 24.7 Å². The van der Waals surface area contributed by atoms with Gasteiger partial charge in [-0.1, -0.05) is 24.3 Å². The first-order chi connectivity index (χ1) is 9.98. The second-order valence-corrected chi connectivity index (χ2v) is 5.54. The minimum atomic E-state index is -0.512. The zero-order valence-electron chi connectivity index (χ0n) is 11.8. The molecule has 1 heterocycles. The molecule has 0 saturated heterocycles. The summed E-state index contributed by atoms with van der Waals surface area (Å²) in [6.07, 6.45) is 0. The Balaban J connectivity index is 2.00. The molecule has 4 heteroatoms. The molecule has 2 nitrogen and oxygen atoms in total. The molecule has 0 amide bonds. The fourth-order valence-electron chi connectivity index (χ4n) is 2.57. The summed E-state index contributed by atoms with van der Waals surface area (Å²) in [6, 6.07) is 12.5. The molecular formula is C17H14F2N2. The third kappa shape index (κ3) is 2.37. The fourth-order valence-corrected chi connectivity index (χ4v) is 2.57. The van der Waals surface area contributed by atoms with Gasteiger partial charge in [0.15, 0.2) is 0 Å².